The summed E-state index contributed by atoms with van der Waals surface area (Å²) < 4.78 is 21.2. The summed E-state index contributed by atoms with van der Waals surface area (Å²) in [4.78, 5) is 36.8. The minimum Gasteiger partial charge on any atom is -0.493 e. The van der Waals surface area contributed by atoms with Crippen LogP contribution < -0.4 is 29.7 Å². The number of hydrogen-bond acceptors (Lipinski definition) is 8. The van der Waals surface area contributed by atoms with Gasteiger partial charge in [0.2, 0.25) is 5.91 Å². The lowest BCUT2D eigenvalue weighted by Crippen LogP contribution is -2.29. The molecule has 0 heterocycles. The smallest absolute Gasteiger partial charge is 0.343 e. The van der Waals surface area contributed by atoms with Gasteiger partial charge in [0, 0.05) is 13.0 Å². The molecule has 0 aliphatic carbocycles. The fourth-order valence-corrected chi connectivity index (χ4v) is 3.46. The molecule has 0 fully saturated rings. The predicted octanol–water partition coefficient (Wildman–Crippen LogP) is 3.86. The summed E-state index contributed by atoms with van der Waals surface area (Å²) >= 11 is 5.99. The lowest BCUT2D eigenvalue weighted by atomic mass is 10.2. The molecule has 2 N–H and O–H groups in total. The molecular formula is C27H26ClN3O7. The van der Waals surface area contributed by atoms with E-state index in [1.54, 1.807) is 54.6 Å². The number of methoxy groups -OCH3 is 3. The van der Waals surface area contributed by atoms with E-state index in [2.05, 4.69) is 15.8 Å². The van der Waals surface area contributed by atoms with E-state index in [0.29, 0.717) is 27.6 Å². The van der Waals surface area contributed by atoms with Gasteiger partial charge in [-0.3, -0.25) is 9.59 Å². The second kappa shape index (κ2) is 13.7. The van der Waals surface area contributed by atoms with Crippen molar-refractivity contribution in [2.45, 2.75) is 6.42 Å². The molecule has 3 aromatic carbocycles. The Morgan fingerprint density at radius 1 is 0.868 bits per heavy atom. The number of benzene rings is 3. The molecule has 0 saturated carbocycles. The van der Waals surface area contributed by atoms with Gasteiger partial charge in [-0.2, -0.15) is 5.10 Å². The Morgan fingerprint density at radius 2 is 1.55 bits per heavy atom. The van der Waals surface area contributed by atoms with Gasteiger partial charge in [-0.25, -0.2) is 10.2 Å². The summed E-state index contributed by atoms with van der Waals surface area (Å²) in [7, 11) is 4.40. The third-order valence-corrected chi connectivity index (χ3v) is 5.50. The maximum absolute atomic E-state index is 12.6. The molecule has 2 amide bonds. The van der Waals surface area contributed by atoms with Crippen molar-refractivity contribution >= 4 is 35.6 Å². The number of rotatable bonds is 11. The molecule has 3 rings (SSSR count). The normalized spacial score (nSPS) is 10.5. The van der Waals surface area contributed by atoms with Crippen LogP contribution in [0.25, 0.3) is 0 Å². The van der Waals surface area contributed by atoms with Gasteiger partial charge in [-0.1, -0.05) is 23.7 Å². The topological polar surface area (TPSA) is 125 Å². The van der Waals surface area contributed by atoms with Crippen LogP contribution in [0.2, 0.25) is 5.02 Å². The average Bonchev–Trinajstić information content (AvgIpc) is 2.93. The van der Waals surface area contributed by atoms with Gasteiger partial charge in [0.15, 0.2) is 23.0 Å². The maximum Gasteiger partial charge on any atom is 0.343 e. The van der Waals surface area contributed by atoms with Crippen LogP contribution in [-0.2, 0) is 4.79 Å². The van der Waals surface area contributed by atoms with Crippen molar-refractivity contribution in [3.63, 3.8) is 0 Å². The van der Waals surface area contributed by atoms with E-state index in [1.807, 2.05) is 0 Å². The van der Waals surface area contributed by atoms with Crippen molar-refractivity contribution < 1.29 is 33.3 Å². The van der Waals surface area contributed by atoms with Gasteiger partial charge in [0.25, 0.3) is 5.91 Å². The molecule has 10 nitrogen and oxygen atoms in total. The number of esters is 1. The summed E-state index contributed by atoms with van der Waals surface area (Å²) in [6.07, 6.45) is 1.42. The zero-order chi connectivity index (χ0) is 27.5. The van der Waals surface area contributed by atoms with E-state index >= 15 is 0 Å². The van der Waals surface area contributed by atoms with Gasteiger partial charge >= 0.3 is 5.97 Å². The van der Waals surface area contributed by atoms with Gasteiger partial charge in [0.1, 0.15) is 0 Å². The Kier molecular flexibility index (Phi) is 10.1. The van der Waals surface area contributed by atoms with E-state index in [0.717, 1.165) is 0 Å². The van der Waals surface area contributed by atoms with Crippen LogP contribution in [0.5, 0.6) is 23.0 Å². The number of hydrogen-bond donors (Lipinski definition) is 2. The highest BCUT2D eigenvalue weighted by atomic mass is 35.5. The molecule has 0 aliphatic heterocycles. The van der Waals surface area contributed by atoms with E-state index in [4.69, 9.17) is 30.5 Å². The highest BCUT2D eigenvalue weighted by molar-refractivity contribution is 6.33. The zero-order valence-electron chi connectivity index (χ0n) is 20.9. The molecule has 0 aliphatic rings. The molecule has 3 aromatic rings. The van der Waals surface area contributed by atoms with Gasteiger partial charge < -0.3 is 24.3 Å². The Bertz CT molecular complexity index is 1340. The van der Waals surface area contributed by atoms with Gasteiger partial charge in [0.05, 0.1) is 43.7 Å². The number of ether oxygens (including phenoxy) is 4. The van der Waals surface area contributed by atoms with Crippen LogP contribution in [0, 0.1) is 0 Å². The molecule has 0 saturated heterocycles. The summed E-state index contributed by atoms with van der Waals surface area (Å²) in [6, 6.07) is 16.1. The molecular weight excluding hydrogens is 514 g/mol. The first-order valence-corrected chi connectivity index (χ1v) is 11.7. The molecule has 0 atom stereocenters. The first-order chi connectivity index (χ1) is 18.4. The van der Waals surface area contributed by atoms with Crippen LogP contribution >= 0.6 is 11.6 Å². The molecule has 0 spiro atoms. The quantitative estimate of drug-likeness (QED) is 0.164. The van der Waals surface area contributed by atoms with E-state index in [9.17, 15) is 14.4 Å². The monoisotopic (exact) mass is 539 g/mol. The van der Waals surface area contributed by atoms with E-state index in [1.165, 1.54) is 33.6 Å². The third kappa shape index (κ3) is 7.47. The van der Waals surface area contributed by atoms with Crippen LogP contribution in [0.3, 0.4) is 0 Å². The number of carbonyl (C=O) groups is 3. The predicted molar refractivity (Wildman–Crippen MR) is 142 cm³/mol. The summed E-state index contributed by atoms with van der Waals surface area (Å²) in [6.45, 7) is 0.110. The van der Waals surface area contributed by atoms with Crippen LogP contribution in [0.1, 0.15) is 32.7 Å². The first kappa shape index (κ1) is 28.0. The van der Waals surface area contributed by atoms with Crippen molar-refractivity contribution in [2.75, 3.05) is 27.9 Å². The number of amides is 2. The largest absolute Gasteiger partial charge is 0.493 e. The molecule has 0 bridgehead atoms. The van der Waals surface area contributed by atoms with Crippen molar-refractivity contribution in [3.8, 4) is 23.0 Å². The molecule has 198 valence electrons. The lowest BCUT2D eigenvalue weighted by Gasteiger charge is -2.11. The molecule has 0 unspecified atom stereocenters. The first-order valence-electron chi connectivity index (χ1n) is 11.3. The van der Waals surface area contributed by atoms with Crippen molar-refractivity contribution in [2.24, 2.45) is 5.10 Å². The average molecular weight is 540 g/mol. The summed E-state index contributed by atoms with van der Waals surface area (Å²) in [5.41, 5.74) is 3.57. The van der Waals surface area contributed by atoms with Gasteiger partial charge in [-0.15, -0.1) is 0 Å². The van der Waals surface area contributed by atoms with Crippen molar-refractivity contribution in [3.05, 3.63) is 82.4 Å². The number of nitrogens with zero attached hydrogens (tertiary/aromatic N) is 1. The van der Waals surface area contributed by atoms with E-state index in [-0.39, 0.29) is 35.9 Å². The van der Waals surface area contributed by atoms with Gasteiger partial charge in [-0.05, 0) is 54.1 Å². The highest BCUT2D eigenvalue weighted by Gasteiger charge is 2.16. The van der Waals surface area contributed by atoms with E-state index < -0.39 is 11.9 Å². The summed E-state index contributed by atoms with van der Waals surface area (Å²) in [5.74, 6) is -0.0116. The molecule has 11 heteroatoms. The van der Waals surface area contributed by atoms with Crippen LogP contribution in [-0.4, -0.2) is 51.9 Å². The number of hydrazone groups is 1. The number of carbonyl (C=O) groups excluding carboxylic acids is 3. The molecule has 38 heavy (non-hydrogen) atoms. The Morgan fingerprint density at radius 3 is 2.26 bits per heavy atom. The number of nitrogens with one attached hydrogen (secondary N) is 2. The maximum atomic E-state index is 12.6. The number of halogens is 1. The van der Waals surface area contributed by atoms with Crippen LogP contribution in [0.15, 0.2) is 65.8 Å². The minimum absolute atomic E-state index is 0.0158. The molecule has 0 aromatic heterocycles. The van der Waals surface area contributed by atoms with Crippen molar-refractivity contribution in [1.82, 2.24) is 10.7 Å². The SMILES string of the molecule is COc1ccc(C(=O)Oc2ccc(C=NNC(=O)CCNC(=O)c3ccccc3Cl)cc2OC)cc1OC. The zero-order valence-corrected chi connectivity index (χ0v) is 21.7. The second-order valence-electron chi connectivity index (χ2n) is 7.65. The lowest BCUT2D eigenvalue weighted by molar-refractivity contribution is -0.120. The standard InChI is InChI=1S/C27H26ClN3O7/c1-35-21-11-9-18(15-24(21)37-3)27(34)38-22-10-8-17(14-23(22)36-2)16-30-31-25(32)12-13-29-26(33)19-6-4-5-7-20(19)28/h4-11,14-16H,12-13H2,1-3H3,(H,29,33)(H,31,32). The minimum atomic E-state index is -0.612. The third-order valence-electron chi connectivity index (χ3n) is 5.17. The fourth-order valence-electron chi connectivity index (χ4n) is 3.24. The molecule has 0 radical (unpaired) electrons. The Labute approximate surface area is 224 Å². The van der Waals surface area contributed by atoms with Crippen LogP contribution in [0.4, 0.5) is 0 Å². The highest BCUT2D eigenvalue weighted by Crippen LogP contribution is 2.31. The Hall–Kier alpha value is -4.57. The van der Waals surface area contributed by atoms with Crippen molar-refractivity contribution in [1.29, 1.82) is 0 Å². The Balaban J connectivity index is 1.53. The summed E-state index contributed by atoms with van der Waals surface area (Å²) in [5, 5.41) is 6.88. The second-order valence-corrected chi connectivity index (χ2v) is 8.06. The fraction of sp³-hybridized carbons (Fsp3) is 0.185.